The predicted molar refractivity (Wildman–Crippen MR) is 93.9 cm³/mol. The first-order valence-corrected chi connectivity index (χ1v) is 8.88. The number of carboxylic acid groups (broad SMARTS) is 1. The number of carbonyl (C=O) groups is 3. The van der Waals surface area contributed by atoms with Crippen molar-refractivity contribution in [1.29, 1.82) is 0 Å². The van der Waals surface area contributed by atoms with Gasteiger partial charge in [0.15, 0.2) is 0 Å². The number of aliphatic carboxylic acids is 1. The molecule has 1 aromatic rings. The summed E-state index contributed by atoms with van der Waals surface area (Å²) in [6.07, 6.45) is 0.470. The number of rotatable bonds is 5. The summed E-state index contributed by atoms with van der Waals surface area (Å²) < 4.78 is 27.7. The third-order valence-electron chi connectivity index (χ3n) is 4.73. The molecule has 2 N–H and O–H groups in total. The molecule has 1 fully saturated rings. The van der Waals surface area contributed by atoms with E-state index >= 15 is 0 Å². The van der Waals surface area contributed by atoms with Gasteiger partial charge in [-0.05, 0) is 30.4 Å². The molecule has 2 amide bonds. The van der Waals surface area contributed by atoms with Crippen molar-refractivity contribution in [2.45, 2.75) is 33.2 Å². The molecule has 1 saturated heterocycles. The van der Waals surface area contributed by atoms with Crippen LogP contribution >= 0.6 is 0 Å². The molecule has 1 aliphatic rings. The average molecular weight is 382 g/mol. The highest BCUT2D eigenvalue weighted by Crippen LogP contribution is 2.23. The number of amides is 2. The maximum atomic E-state index is 13.8. The molecule has 148 valence electrons. The van der Waals surface area contributed by atoms with Crippen molar-refractivity contribution < 1.29 is 28.3 Å². The van der Waals surface area contributed by atoms with Gasteiger partial charge in [0.1, 0.15) is 23.2 Å². The zero-order valence-electron chi connectivity index (χ0n) is 15.5. The first-order valence-electron chi connectivity index (χ1n) is 8.88. The minimum absolute atomic E-state index is 0.00340. The van der Waals surface area contributed by atoms with E-state index in [0.29, 0.717) is 13.0 Å². The fourth-order valence-electron chi connectivity index (χ4n) is 3.35. The lowest BCUT2D eigenvalue weighted by molar-refractivity contribution is -0.147. The third-order valence-corrected chi connectivity index (χ3v) is 4.73. The Kier molecular flexibility index (Phi) is 6.51. The number of halogens is 2. The molecule has 3 unspecified atom stereocenters. The van der Waals surface area contributed by atoms with Gasteiger partial charge in [-0.15, -0.1) is 0 Å². The molecule has 0 saturated carbocycles. The Hall–Kier alpha value is -2.51. The van der Waals surface area contributed by atoms with E-state index in [1.807, 2.05) is 6.92 Å². The van der Waals surface area contributed by atoms with Crippen LogP contribution in [0.4, 0.5) is 8.78 Å². The van der Waals surface area contributed by atoms with Crippen LogP contribution in [0.1, 0.15) is 37.6 Å². The molecular weight excluding hydrogens is 358 g/mol. The lowest BCUT2D eigenvalue weighted by Crippen LogP contribution is -2.55. The van der Waals surface area contributed by atoms with Crippen LogP contribution in [-0.2, 0) is 9.59 Å². The second kappa shape index (κ2) is 8.45. The van der Waals surface area contributed by atoms with Crippen LogP contribution in [0.5, 0.6) is 0 Å². The summed E-state index contributed by atoms with van der Waals surface area (Å²) in [5, 5.41) is 11.7. The fraction of sp³-hybridized carbons (Fsp3) is 0.526. The van der Waals surface area contributed by atoms with E-state index < -0.39 is 46.9 Å². The quantitative estimate of drug-likeness (QED) is 0.818. The molecule has 2 rings (SSSR count). The molecule has 1 aromatic carbocycles. The van der Waals surface area contributed by atoms with E-state index in [4.69, 9.17) is 0 Å². The van der Waals surface area contributed by atoms with Crippen molar-refractivity contribution in [3.63, 3.8) is 0 Å². The standard InChI is InChI=1S/C19H24F2N2O4/c1-10(2)16(22-17(24)15-13(20)5-4-6-14(15)21)18(25)23-8-11(3)7-12(9-23)19(26)27/h4-6,10-12,16H,7-9H2,1-3H3,(H,22,24)(H,26,27). The maximum absolute atomic E-state index is 13.8. The lowest BCUT2D eigenvalue weighted by Gasteiger charge is -2.37. The van der Waals surface area contributed by atoms with Crippen molar-refractivity contribution in [2.24, 2.45) is 17.8 Å². The van der Waals surface area contributed by atoms with E-state index in [-0.39, 0.29) is 18.4 Å². The summed E-state index contributed by atoms with van der Waals surface area (Å²) in [4.78, 5) is 38.0. The topological polar surface area (TPSA) is 86.7 Å². The number of nitrogens with zero attached hydrogens (tertiary/aromatic N) is 1. The molecular formula is C19H24F2N2O4. The number of piperidine rings is 1. The Morgan fingerprint density at radius 3 is 2.30 bits per heavy atom. The molecule has 0 bridgehead atoms. The molecule has 27 heavy (non-hydrogen) atoms. The van der Waals surface area contributed by atoms with E-state index in [1.165, 1.54) is 4.90 Å². The molecule has 0 aromatic heterocycles. The number of hydrogen-bond donors (Lipinski definition) is 2. The fourth-order valence-corrected chi connectivity index (χ4v) is 3.35. The second-order valence-corrected chi connectivity index (χ2v) is 7.41. The van der Waals surface area contributed by atoms with Gasteiger partial charge in [-0.25, -0.2) is 8.78 Å². The summed E-state index contributed by atoms with van der Waals surface area (Å²) in [6.45, 7) is 5.67. The Morgan fingerprint density at radius 1 is 1.19 bits per heavy atom. The van der Waals surface area contributed by atoms with Gasteiger partial charge in [0.2, 0.25) is 5.91 Å². The van der Waals surface area contributed by atoms with Gasteiger partial charge in [0, 0.05) is 13.1 Å². The zero-order chi connectivity index (χ0) is 20.3. The first-order chi connectivity index (χ1) is 12.6. The Bertz CT molecular complexity index is 718. The van der Waals surface area contributed by atoms with Gasteiger partial charge in [-0.1, -0.05) is 26.8 Å². The van der Waals surface area contributed by atoms with Crippen LogP contribution in [-0.4, -0.2) is 46.9 Å². The lowest BCUT2D eigenvalue weighted by atomic mass is 9.89. The van der Waals surface area contributed by atoms with Gasteiger partial charge in [0.25, 0.3) is 5.91 Å². The average Bonchev–Trinajstić information content (AvgIpc) is 2.58. The number of nitrogens with one attached hydrogen (secondary N) is 1. The van der Waals surface area contributed by atoms with Crippen molar-refractivity contribution >= 4 is 17.8 Å². The molecule has 3 atom stereocenters. The van der Waals surface area contributed by atoms with E-state index in [2.05, 4.69) is 5.32 Å². The Morgan fingerprint density at radius 2 is 1.78 bits per heavy atom. The maximum Gasteiger partial charge on any atom is 0.308 e. The number of carboxylic acids is 1. The van der Waals surface area contributed by atoms with Crippen LogP contribution in [0.25, 0.3) is 0 Å². The Labute approximate surface area is 156 Å². The van der Waals surface area contributed by atoms with E-state index in [9.17, 15) is 28.3 Å². The minimum Gasteiger partial charge on any atom is -0.481 e. The molecule has 0 radical (unpaired) electrons. The van der Waals surface area contributed by atoms with Gasteiger partial charge in [-0.2, -0.15) is 0 Å². The summed E-state index contributed by atoms with van der Waals surface area (Å²) in [5.41, 5.74) is -0.744. The van der Waals surface area contributed by atoms with Crippen molar-refractivity contribution in [2.75, 3.05) is 13.1 Å². The monoisotopic (exact) mass is 382 g/mol. The molecule has 1 aliphatic heterocycles. The van der Waals surface area contributed by atoms with Crippen LogP contribution in [0.3, 0.4) is 0 Å². The summed E-state index contributed by atoms with van der Waals surface area (Å²) in [6, 6.07) is 2.06. The SMILES string of the molecule is CC1CC(C(=O)O)CN(C(=O)C(NC(=O)c2c(F)cccc2F)C(C)C)C1. The number of benzene rings is 1. The summed E-state index contributed by atoms with van der Waals surface area (Å²) in [7, 11) is 0. The number of likely N-dealkylation sites (tertiary alicyclic amines) is 1. The van der Waals surface area contributed by atoms with E-state index in [0.717, 1.165) is 18.2 Å². The van der Waals surface area contributed by atoms with Gasteiger partial charge >= 0.3 is 5.97 Å². The number of hydrogen-bond acceptors (Lipinski definition) is 3. The van der Waals surface area contributed by atoms with E-state index in [1.54, 1.807) is 13.8 Å². The Balaban J connectivity index is 2.20. The van der Waals surface area contributed by atoms with Crippen LogP contribution in [0.2, 0.25) is 0 Å². The zero-order valence-corrected chi connectivity index (χ0v) is 15.5. The predicted octanol–water partition coefficient (Wildman–Crippen LogP) is 2.29. The first kappa shape index (κ1) is 20.8. The highest BCUT2D eigenvalue weighted by Gasteiger charge is 2.36. The van der Waals surface area contributed by atoms with Crippen molar-refractivity contribution in [3.05, 3.63) is 35.4 Å². The third kappa shape index (κ3) is 4.81. The smallest absolute Gasteiger partial charge is 0.308 e. The molecule has 1 heterocycles. The minimum atomic E-state index is -1.02. The van der Waals surface area contributed by atoms with Gasteiger partial charge in [0.05, 0.1) is 5.92 Å². The van der Waals surface area contributed by atoms with Crippen LogP contribution < -0.4 is 5.32 Å². The normalized spacial score (nSPS) is 21.0. The van der Waals surface area contributed by atoms with Crippen molar-refractivity contribution in [1.82, 2.24) is 10.2 Å². The van der Waals surface area contributed by atoms with Crippen LogP contribution in [0, 0.1) is 29.4 Å². The molecule has 8 heteroatoms. The highest BCUT2D eigenvalue weighted by atomic mass is 19.1. The van der Waals surface area contributed by atoms with Gasteiger partial charge < -0.3 is 15.3 Å². The second-order valence-electron chi connectivity index (χ2n) is 7.41. The highest BCUT2D eigenvalue weighted by molar-refractivity contribution is 5.98. The van der Waals surface area contributed by atoms with Crippen LogP contribution in [0.15, 0.2) is 18.2 Å². The summed E-state index contributed by atoms with van der Waals surface area (Å²) >= 11 is 0. The molecule has 0 aliphatic carbocycles. The molecule has 0 spiro atoms. The largest absolute Gasteiger partial charge is 0.481 e. The molecule has 6 nitrogen and oxygen atoms in total. The number of carbonyl (C=O) groups excluding carboxylic acids is 2. The van der Waals surface area contributed by atoms with Gasteiger partial charge in [-0.3, -0.25) is 14.4 Å². The van der Waals surface area contributed by atoms with Crippen molar-refractivity contribution in [3.8, 4) is 0 Å². The summed E-state index contributed by atoms with van der Waals surface area (Å²) in [5.74, 6) is -5.50.